The molecule has 3 heterocycles. The number of nitriles is 1. The zero-order chi connectivity index (χ0) is 21.8. The van der Waals surface area contributed by atoms with Gasteiger partial charge in [0.1, 0.15) is 18.1 Å². The molecule has 0 spiro atoms. The summed E-state index contributed by atoms with van der Waals surface area (Å²) in [5.74, 6) is 0.357. The Kier molecular flexibility index (Phi) is 6.23. The number of imide groups is 1. The third-order valence-electron chi connectivity index (χ3n) is 5.32. The molecule has 2 aliphatic rings. The van der Waals surface area contributed by atoms with Crippen LogP contribution in [0.2, 0.25) is 0 Å². The molecule has 2 fully saturated rings. The lowest BCUT2D eigenvalue weighted by Crippen LogP contribution is -2.42. The standard InChI is InChI=1S/C23H21N3O4S/c24-14-16-5-7-17(8-6-16)19-10-9-18(30-19)13-20-22(28)26(23(29)31-20)15-21(27)25-11-3-1-2-4-12-25/h5-10,13H,1-4,11-12,15H2. The predicted octanol–water partition coefficient (Wildman–Crippen LogP) is 4.26. The quantitative estimate of drug-likeness (QED) is 0.666. The highest BCUT2D eigenvalue weighted by Crippen LogP contribution is 2.33. The predicted molar refractivity (Wildman–Crippen MR) is 117 cm³/mol. The maximum Gasteiger partial charge on any atom is 0.294 e. The number of nitrogens with zero attached hydrogens (tertiary/aromatic N) is 3. The minimum Gasteiger partial charge on any atom is -0.457 e. The second-order valence-corrected chi connectivity index (χ2v) is 8.45. The molecule has 0 aliphatic carbocycles. The molecule has 31 heavy (non-hydrogen) atoms. The summed E-state index contributed by atoms with van der Waals surface area (Å²) in [6.45, 7) is 1.13. The average Bonchev–Trinajstić information content (AvgIpc) is 3.21. The summed E-state index contributed by atoms with van der Waals surface area (Å²) in [7, 11) is 0. The van der Waals surface area contributed by atoms with E-state index < -0.39 is 11.1 Å². The fraction of sp³-hybridized carbons (Fsp3) is 0.304. The molecule has 1 aromatic carbocycles. The smallest absolute Gasteiger partial charge is 0.294 e. The average molecular weight is 436 g/mol. The summed E-state index contributed by atoms with van der Waals surface area (Å²) in [6, 6.07) is 12.5. The maximum absolute atomic E-state index is 12.7. The van der Waals surface area contributed by atoms with E-state index in [2.05, 4.69) is 6.07 Å². The molecule has 1 aromatic heterocycles. The van der Waals surface area contributed by atoms with Crippen molar-refractivity contribution in [3.63, 3.8) is 0 Å². The van der Waals surface area contributed by atoms with Gasteiger partial charge >= 0.3 is 0 Å². The molecule has 0 radical (unpaired) electrons. The monoisotopic (exact) mass is 435 g/mol. The van der Waals surface area contributed by atoms with Crippen molar-refractivity contribution in [1.29, 1.82) is 5.26 Å². The Hall–Kier alpha value is -3.31. The Bertz CT molecular complexity index is 1070. The number of amides is 3. The summed E-state index contributed by atoms with van der Waals surface area (Å²) < 4.78 is 5.78. The van der Waals surface area contributed by atoms with Gasteiger partial charge in [-0.25, -0.2) is 0 Å². The molecule has 0 unspecified atom stereocenters. The maximum atomic E-state index is 12.7. The lowest BCUT2D eigenvalue weighted by molar-refractivity contribution is -0.135. The summed E-state index contributed by atoms with van der Waals surface area (Å²) in [5.41, 5.74) is 1.36. The lowest BCUT2D eigenvalue weighted by atomic mass is 10.1. The Morgan fingerprint density at radius 2 is 1.77 bits per heavy atom. The van der Waals surface area contributed by atoms with Crippen LogP contribution in [0.1, 0.15) is 37.0 Å². The van der Waals surface area contributed by atoms with E-state index in [1.165, 1.54) is 6.08 Å². The van der Waals surface area contributed by atoms with Gasteiger partial charge in [-0.2, -0.15) is 5.26 Å². The molecule has 0 bridgehead atoms. The second kappa shape index (κ2) is 9.23. The Balaban J connectivity index is 1.45. The molecule has 0 atom stereocenters. The van der Waals surface area contributed by atoms with Gasteiger partial charge in [-0.3, -0.25) is 19.3 Å². The fourth-order valence-electron chi connectivity index (χ4n) is 3.62. The normalized spacial score (nSPS) is 18.4. The third-order valence-corrected chi connectivity index (χ3v) is 6.23. The molecule has 158 valence electrons. The van der Waals surface area contributed by atoms with Crippen LogP contribution in [0.5, 0.6) is 0 Å². The van der Waals surface area contributed by atoms with Crippen LogP contribution >= 0.6 is 11.8 Å². The van der Waals surface area contributed by atoms with E-state index >= 15 is 0 Å². The van der Waals surface area contributed by atoms with Crippen molar-refractivity contribution in [3.05, 3.63) is 52.6 Å². The van der Waals surface area contributed by atoms with Gasteiger partial charge in [0.05, 0.1) is 16.5 Å². The summed E-state index contributed by atoms with van der Waals surface area (Å²) >= 11 is 0.811. The number of benzene rings is 1. The van der Waals surface area contributed by atoms with E-state index in [4.69, 9.17) is 9.68 Å². The van der Waals surface area contributed by atoms with Gasteiger partial charge in [0.15, 0.2) is 0 Å². The highest BCUT2D eigenvalue weighted by molar-refractivity contribution is 8.18. The first-order valence-corrected chi connectivity index (χ1v) is 11.0. The van der Waals surface area contributed by atoms with E-state index in [-0.39, 0.29) is 17.4 Å². The van der Waals surface area contributed by atoms with E-state index in [0.717, 1.165) is 47.9 Å². The number of hydrogen-bond acceptors (Lipinski definition) is 6. The molecule has 2 aliphatic heterocycles. The van der Waals surface area contributed by atoms with Crippen molar-refractivity contribution in [3.8, 4) is 17.4 Å². The van der Waals surface area contributed by atoms with Gasteiger partial charge in [0, 0.05) is 24.7 Å². The van der Waals surface area contributed by atoms with Crippen LogP contribution in [0, 0.1) is 11.3 Å². The van der Waals surface area contributed by atoms with Crippen LogP contribution in [-0.2, 0) is 9.59 Å². The Morgan fingerprint density at radius 3 is 2.45 bits per heavy atom. The Morgan fingerprint density at radius 1 is 1.06 bits per heavy atom. The van der Waals surface area contributed by atoms with E-state index in [9.17, 15) is 14.4 Å². The topological polar surface area (TPSA) is 94.6 Å². The minimum absolute atomic E-state index is 0.188. The first kappa shape index (κ1) is 20.9. The van der Waals surface area contributed by atoms with Crippen molar-refractivity contribution in [2.75, 3.05) is 19.6 Å². The number of hydrogen-bond donors (Lipinski definition) is 0. The second-order valence-electron chi connectivity index (χ2n) is 7.45. The van der Waals surface area contributed by atoms with Gasteiger partial charge in [-0.15, -0.1) is 0 Å². The van der Waals surface area contributed by atoms with Gasteiger partial charge in [0.2, 0.25) is 5.91 Å². The molecular weight excluding hydrogens is 414 g/mol. The van der Waals surface area contributed by atoms with Gasteiger partial charge in [-0.1, -0.05) is 12.8 Å². The fourth-order valence-corrected chi connectivity index (χ4v) is 4.43. The molecule has 0 saturated carbocycles. The van der Waals surface area contributed by atoms with E-state index in [1.54, 1.807) is 41.3 Å². The van der Waals surface area contributed by atoms with Crippen LogP contribution < -0.4 is 0 Å². The molecule has 0 N–H and O–H groups in total. The zero-order valence-corrected chi connectivity index (χ0v) is 17.7. The van der Waals surface area contributed by atoms with E-state index in [1.807, 2.05) is 0 Å². The summed E-state index contributed by atoms with van der Waals surface area (Å²) in [5, 5.41) is 8.45. The van der Waals surface area contributed by atoms with Gasteiger partial charge in [-0.05, 0) is 61.0 Å². The first-order valence-electron chi connectivity index (χ1n) is 10.2. The number of likely N-dealkylation sites (tertiary alicyclic amines) is 1. The van der Waals surface area contributed by atoms with Crippen molar-refractivity contribution < 1.29 is 18.8 Å². The number of rotatable bonds is 4. The molecule has 2 saturated heterocycles. The van der Waals surface area contributed by atoms with Crippen LogP contribution in [0.25, 0.3) is 17.4 Å². The minimum atomic E-state index is -0.477. The highest BCUT2D eigenvalue weighted by atomic mass is 32.2. The molecule has 2 aromatic rings. The number of carbonyl (C=O) groups is 3. The van der Waals surface area contributed by atoms with Crippen LogP contribution in [0.4, 0.5) is 4.79 Å². The Labute approximate surface area is 184 Å². The molecular formula is C23H21N3O4S. The number of carbonyl (C=O) groups excluding carboxylic acids is 3. The number of thioether (sulfide) groups is 1. The van der Waals surface area contributed by atoms with Crippen molar-refractivity contribution in [1.82, 2.24) is 9.80 Å². The van der Waals surface area contributed by atoms with Crippen molar-refractivity contribution in [2.24, 2.45) is 0 Å². The molecule has 4 rings (SSSR count). The molecule has 8 heteroatoms. The van der Waals surface area contributed by atoms with Gasteiger partial charge in [0.25, 0.3) is 11.1 Å². The number of furan rings is 1. The first-order chi connectivity index (χ1) is 15.0. The lowest BCUT2D eigenvalue weighted by Gasteiger charge is -2.22. The largest absolute Gasteiger partial charge is 0.457 e. The van der Waals surface area contributed by atoms with Crippen LogP contribution in [0.3, 0.4) is 0 Å². The molecule has 7 nitrogen and oxygen atoms in total. The van der Waals surface area contributed by atoms with Crippen molar-refractivity contribution >= 4 is 34.9 Å². The third kappa shape index (κ3) is 4.72. The van der Waals surface area contributed by atoms with Gasteiger partial charge < -0.3 is 9.32 Å². The van der Waals surface area contributed by atoms with Crippen LogP contribution in [-0.4, -0.2) is 46.5 Å². The SMILES string of the molecule is N#Cc1ccc(-c2ccc(C=C3SC(=O)N(CC(=O)N4CCCCCC4)C3=O)o2)cc1. The van der Waals surface area contributed by atoms with Crippen molar-refractivity contribution in [2.45, 2.75) is 25.7 Å². The highest BCUT2D eigenvalue weighted by Gasteiger charge is 2.37. The molecule has 3 amide bonds. The van der Waals surface area contributed by atoms with Crippen LogP contribution in [0.15, 0.2) is 45.7 Å². The summed E-state index contributed by atoms with van der Waals surface area (Å²) in [4.78, 5) is 40.7. The van der Waals surface area contributed by atoms with E-state index in [0.29, 0.717) is 30.2 Å². The summed E-state index contributed by atoms with van der Waals surface area (Å²) in [6.07, 6.45) is 5.62. The zero-order valence-electron chi connectivity index (χ0n) is 16.9.